The summed E-state index contributed by atoms with van der Waals surface area (Å²) in [6, 6.07) is 8.06. The summed E-state index contributed by atoms with van der Waals surface area (Å²) in [5, 5.41) is 0. The summed E-state index contributed by atoms with van der Waals surface area (Å²) in [6.45, 7) is 1.07. The first-order valence-corrected chi connectivity index (χ1v) is 7.15. The molecule has 0 N–H and O–H groups in total. The van der Waals surface area contributed by atoms with E-state index >= 15 is 0 Å². The van der Waals surface area contributed by atoms with E-state index in [1.54, 1.807) is 0 Å². The van der Waals surface area contributed by atoms with Gasteiger partial charge in [0.2, 0.25) is 0 Å². The molecule has 0 fully saturated rings. The second-order valence-electron chi connectivity index (χ2n) is 4.38. The number of carbonyl (C=O) groups excluding carboxylic acids is 1. The third kappa shape index (κ3) is 5.56. The van der Waals surface area contributed by atoms with Crippen LogP contribution in [0.25, 0.3) is 0 Å². The van der Waals surface area contributed by atoms with Crippen molar-refractivity contribution in [3.05, 3.63) is 35.4 Å². The minimum atomic E-state index is -0.180. The van der Waals surface area contributed by atoms with E-state index < -0.39 is 0 Å². The van der Waals surface area contributed by atoms with E-state index in [1.165, 1.54) is 12.7 Å². The number of hydrogen-bond acceptors (Lipinski definition) is 4. The van der Waals surface area contributed by atoms with E-state index in [0.29, 0.717) is 6.42 Å². The molecule has 100 valence electrons. The quantitative estimate of drug-likeness (QED) is 0.559. The van der Waals surface area contributed by atoms with Crippen LogP contribution in [0, 0.1) is 0 Å². The smallest absolute Gasteiger partial charge is 0.309 e. The lowest BCUT2D eigenvalue weighted by atomic mass is 10.1. The highest BCUT2D eigenvalue weighted by Crippen LogP contribution is 2.17. The molecule has 0 atom stereocenters. The number of ether oxygens (including phenoxy) is 1. The van der Waals surface area contributed by atoms with Gasteiger partial charge in [-0.1, -0.05) is 24.3 Å². The summed E-state index contributed by atoms with van der Waals surface area (Å²) in [6.07, 6.45) is 0.362. The van der Waals surface area contributed by atoms with Crippen molar-refractivity contribution in [3.8, 4) is 0 Å². The highest BCUT2D eigenvalue weighted by molar-refractivity contribution is 7.98. The van der Waals surface area contributed by atoms with Gasteiger partial charge in [0.1, 0.15) is 0 Å². The zero-order valence-corrected chi connectivity index (χ0v) is 12.1. The van der Waals surface area contributed by atoms with Crippen molar-refractivity contribution >= 4 is 17.7 Å². The number of rotatable bonds is 7. The van der Waals surface area contributed by atoms with Crippen molar-refractivity contribution in [2.45, 2.75) is 12.2 Å². The molecule has 18 heavy (non-hydrogen) atoms. The molecule has 0 saturated heterocycles. The van der Waals surface area contributed by atoms with Crippen LogP contribution in [0.5, 0.6) is 0 Å². The maximum absolute atomic E-state index is 11.3. The van der Waals surface area contributed by atoms with Gasteiger partial charge in [0.15, 0.2) is 0 Å². The Labute approximate surface area is 114 Å². The van der Waals surface area contributed by atoms with E-state index in [9.17, 15) is 4.79 Å². The third-order valence-electron chi connectivity index (χ3n) is 2.62. The molecule has 1 aromatic rings. The van der Waals surface area contributed by atoms with Crippen LogP contribution in [0.15, 0.2) is 24.3 Å². The monoisotopic (exact) mass is 267 g/mol. The number of nitrogens with zero attached hydrogens (tertiary/aromatic N) is 1. The van der Waals surface area contributed by atoms with Gasteiger partial charge in [0.25, 0.3) is 0 Å². The van der Waals surface area contributed by atoms with Gasteiger partial charge in [0, 0.05) is 18.1 Å². The van der Waals surface area contributed by atoms with Crippen molar-refractivity contribution in [2.75, 3.05) is 33.5 Å². The Bertz CT molecular complexity index is 380. The second-order valence-corrected chi connectivity index (χ2v) is 5.48. The number of benzene rings is 1. The Balaban J connectivity index is 2.51. The van der Waals surface area contributed by atoms with Crippen molar-refractivity contribution in [2.24, 2.45) is 0 Å². The minimum absolute atomic E-state index is 0.180. The largest absolute Gasteiger partial charge is 0.469 e. The van der Waals surface area contributed by atoms with Crippen molar-refractivity contribution in [3.63, 3.8) is 0 Å². The summed E-state index contributed by atoms with van der Waals surface area (Å²) >= 11 is 1.89. The summed E-state index contributed by atoms with van der Waals surface area (Å²) in [7, 11) is 5.58. The van der Waals surface area contributed by atoms with Crippen LogP contribution in [-0.2, 0) is 21.7 Å². The Morgan fingerprint density at radius 3 is 2.56 bits per heavy atom. The average Bonchev–Trinajstić information content (AvgIpc) is 2.36. The normalized spacial score (nSPS) is 10.7. The number of hydrogen-bond donors (Lipinski definition) is 0. The molecule has 0 spiro atoms. The molecule has 0 radical (unpaired) electrons. The van der Waals surface area contributed by atoms with Gasteiger partial charge in [-0.15, -0.1) is 0 Å². The molecule has 0 aliphatic heterocycles. The molecule has 4 heteroatoms. The van der Waals surface area contributed by atoms with Crippen LogP contribution in [0.2, 0.25) is 0 Å². The molecule has 0 saturated carbocycles. The van der Waals surface area contributed by atoms with Crippen molar-refractivity contribution in [1.82, 2.24) is 4.90 Å². The van der Waals surface area contributed by atoms with E-state index in [1.807, 2.05) is 30.0 Å². The molecular weight excluding hydrogens is 246 g/mol. The van der Waals surface area contributed by atoms with Crippen LogP contribution in [0.4, 0.5) is 0 Å². The van der Waals surface area contributed by atoms with Gasteiger partial charge >= 0.3 is 5.97 Å². The highest BCUT2D eigenvalue weighted by atomic mass is 32.2. The maximum Gasteiger partial charge on any atom is 0.309 e. The Morgan fingerprint density at radius 2 is 1.94 bits per heavy atom. The number of carbonyl (C=O) groups is 1. The lowest BCUT2D eigenvalue weighted by Gasteiger charge is -2.11. The molecule has 0 amide bonds. The van der Waals surface area contributed by atoms with Crippen molar-refractivity contribution < 1.29 is 9.53 Å². The molecule has 0 unspecified atom stereocenters. The minimum Gasteiger partial charge on any atom is -0.469 e. The van der Waals surface area contributed by atoms with E-state index in [-0.39, 0.29) is 5.97 Å². The molecule has 0 bridgehead atoms. The van der Waals surface area contributed by atoms with Crippen LogP contribution in [0.1, 0.15) is 11.1 Å². The number of esters is 1. The van der Waals surface area contributed by atoms with Gasteiger partial charge < -0.3 is 9.64 Å². The maximum atomic E-state index is 11.3. The Hall–Kier alpha value is -1.00. The van der Waals surface area contributed by atoms with Gasteiger partial charge in [-0.3, -0.25) is 4.79 Å². The molecule has 0 aliphatic carbocycles. The van der Waals surface area contributed by atoms with E-state index in [0.717, 1.165) is 23.6 Å². The van der Waals surface area contributed by atoms with Gasteiger partial charge in [-0.05, 0) is 25.2 Å². The van der Waals surface area contributed by atoms with Crippen LogP contribution < -0.4 is 0 Å². The fourth-order valence-corrected chi connectivity index (χ4v) is 2.67. The molecule has 0 aromatic heterocycles. The van der Waals surface area contributed by atoms with Crippen LogP contribution >= 0.6 is 11.8 Å². The fourth-order valence-electron chi connectivity index (χ4n) is 1.53. The third-order valence-corrected chi connectivity index (χ3v) is 3.61. The van der Waals surface area contributed by atoms with E-state index in [4.69, 9.17) is 4.74 Å². The molecule has 0 heterocycles. The zero-order chi connectivity index (χ0) is 13.4. The predicted molar refractivity (Wildman–Crippen MR) is 76.9 cm³/mol. The van der Waals surface area contributed by atoms with Gasteiger partial charge in [-0.25, -0.2) is 0 Å². The summed E-state index contributed by atoms with van der Waals surface area (Å²) in [5.41, 5.74) is 2.30. The predicted octanol–water partition coefficient (Wildman–Crippen LogP) is 2.20. The van der Waals surface area contributed by atoms with Crippen LogP contribution in [-0.4, -0.2) is 44.4 Å². The Kier molecular flexibility index (Phi) is 6.83. The number of methoxy groups -OCH3 is 1. The van der Waals surface area contributed by atoms with Crippen molar-refractivity contribution in [1.29, 1.82) is 0 Å². The molecular formula is C14H21NO2S. The fraction of sp³-hybridized carbons (Fsp3) is 0.500. The summed E-state index contributed by atoms with van der Waals surface area (Å²) in [4.78, 5) is 13.5. The standard InChI is InChI=1S/C14H21NO2S/c1-15(2)8-9-18-11-13-7-5-4-6-12(13)10-14(16)17-3/h4-7H,8-11H2,1-3H3. The van der Waals surface area contributed by atoms with Crippen LogP contribution in [0.3, 0.4) is 0 Å². The van der Waals surface area contributed by atoms with E-state index in [2.05, 4.69) is 25.1 Å². The highest BCUT2D eigenvalue weighted by Gasteiger charge is 2.07. The van der Waals surface area contributed by atoms with Gasteiger partial charge in [0.05, 0.1) is 13.5 Å². The topological polar surface area (TPSA) is 29.5 Å². The lowest BCUT2D eigenvalue weighted by Crippen LogP contribution is -2.15. The average molecular weight is 267 g/mol. The SMILES string of the molecule is COC(=O)Cc1ccccc1CSCCN(C)C. The Morgan fingerprint density at radius 1 is 1.28 bits per heavy atom. The zero-order valence-electron chi connectivity index (χ0n) is 11.3. The molecule has 1 aromatic carbocycles. The first kappa shape index (κ1) is 15.1. The number of thioether (sulfide) groups is 1. The van der Waals surface area contributed by atoms with Gasteiger partial charge in [-0.2, -0.15) is 11.8 Å². The second kappa shape index (κ2) is 8.16. The lowest BCUT2D eigenvalue weighted by molar-refractivity contribution is -0.139. The molecule has 1 rings (SSSR count). The summed E-state index contributed by atoms with van der Waals surface area (Å²) < 4.78 is 4.71. The molecule has 3 nitrogen and oxygen atoms in total. The first-order chi connectivity index (χ1) is 8.63. The first-order valence-electron chi connectivity index (χ1n) is 5.99. The summed E-state index contributed by atoms with van der Waals surface area (Å²) in [5.74, 6) is 1.86. The molecule has 0 aliphatic rings.